The molecule has 3 N–H and O–H groups in total. The van der Waals surface area contributed by atoms with Crippen LogP contribution in [-0.2, 0) is 17.8 Å². The summed E-state index contributed by atoms with van der Waals surface area (Å²) in [5.41, 5.74) is 15.5. The Bertz CT molecular complexity index is 1650. The van der Waals surface area contributed by atoms with Crippen LogP contribution >= 0.6 is 11.3 Å². The van der Waals surface area contributed by atoms with Crippen LogP contribution in [0.15, 0.2) is 71.1 Å². The Labute approximate surface area is 238 Å². The summed E-state index contributed by atoms with van der Waals surface area (Å²) in [6.45, 7) is 5.01. The minimum Gasteiger partial charge on any atom is -0.489 e. The number of anilines is 1. The van der Waals surface area contributed by atoms with E-state index in [1.54, 1.807) is 11.3 Å². The molecule has 1 amide bonds. The lowest BCUT2D eigenvalue weighted by atomic mass is 9.95. The molecule has 0 unspecified atom stereocenters. The van der Waals surface area contributed by atoms with Gasteiger partial charge in [-0.25, -0.2) is 5.53 Å². The quantitative estimate of drug-likeness (QED) is 0.240. The number of rotatable bonds is 8. The average molecular weight is 550 g/mol. The fraction of sp³-hybridized carbons (Fsp3) is 0.250. The van der Waals surface area contributed by atoms with Gasteiger partial charge in [0, 0.05) is 40.7 Å². The van der Waals surface area contributed by atoms with Crippen LogP contribution in [-0.4, -0.2) is 18.3 Å². The number of amidine groups is 1. The fourth-order valence-corrected chi connectivity index (χ4v) is 6.36. The van der Waals surface area contributed by atoms with E-state index in [4.69, 9.17) is 4.74 Å². The minimum absolute atomic E-state index is 0.0398. The van der Waals surface area contributed by atoms with Gasteiger partial charge in [0.05, 0.1) is 5.92 Å². The van der Waals surface area contributed by atoms with Crippen molar-refractivity contribution in [3.8, 4) is 28.7 Å². The van der Waals surface area contributed by atoms with Gasteiger partial charge in [-0.15, -0.1) is 27.9 Å². The summed E-state index contributed by atoms with van der Waals surface area (Å²) in [6, 6.07) is 21.0. The topological polar surface area (TPSA) is 78.0 Å². The average Bonchev–Trinajstić information content (AvgIpc) is 3.75. The molecule has 202 valence electrons. The van der Waals surface area contributed by atoms with Gasteiger partial charge in [0.15, 0.2) is 0 Å². The van der Waals surface area contributed by atoms with E-state index in [9.17, 15) is 4.79 Å². The highest BCUT2D eigenvalue weighted by atomic mass is 32.1. The highest BCUT2D eigenvalue weighted by molar-refractivity contribution is 7.17. The largest absolute Gasteiger partial charge is 0.489 e. The Morgan fingerprint density at radius 2 is 2.02 bits per heavy atom. The zero-order valence-corrected chi connectivity index (χ0v) is 23.4. The van der Waals surface area contributed by atoms with Crippen LogP contribution in [0.25, 0.3) is 21.2 Å². The molecule has 8 heteroatoms. The van der Waals surface area contributed by atoms with Gasteiger partial charge in [0.1, 0.15) is 18.2 Å². The third-order valence-corrected chi connectivity index (χ3v) is 8.38. The molecule has 2 aliphatic heterocycles. The van der Waals surface area contributed by atoms with E-state index in [-0.39, 0.29) is 11.8 Å². The van der Waals surface area contributed by atoms with E-state index in [0.29, 0.717) is 19.4 Å². The minimum atomic E-state index is 0.0398. The summed E-state index contributed by atoms with van der Waals surface area (Å²) in [5.74, 6) is 8.17. The highest BCUT2D eigenvalue weighted by Crippen LogP contribution is 2.41. The molecule has 3 aromatic carbocycles. The van der Waals surface area contributed by atoms with Crippen molar-refractivity contribution in [2.24, 2.45) is 5.10 Å². The number of amides is 1. The van der Waals surface area contributed by atoms with Gasteiger partial charge in [-0.1, -0.05) is 43.2 Å². The van der Waals surface area contributed by atoms with Crippen LogP contribution in [0.2, 0.25) is 0 Å². The van der Waals surface area contributed by atoms with Crippen molar-refractivity contribution < 1.29 is 9.53 Å². The number of benzene rings is 3. The van der Waals surface area contributed by atoms with Gasteiger partial charge in [-0.3, -0.25) is 10.2 Å². The monoisotopic (exact) mass is 549 g/mol. The number of hydrazone groups is 1. The molecule has 7 nitrogen and oxygen atoms in total. The van der Waals surface area contributed by atoms with E-state index in [1.807, 2.05) is 30.9 Å². The smallest absolute Gasteiger partial charge is 0.226 e. The van der Waals surface area contributed by atoms with Crippen molar-refractivity contribution >= 4 is 38.9 Å². The van der Waals surface area contributed by atoms with Crippen molar-refractivity contribution in [3.05, 3.63) is 82.7 Å². The van der Waals surface area contributed by atoms with Crippen LogP contribution in [0.1, 0.15) is 49.3 Å². The number of fused-ring (bicyclic) bond motifs is 2. The van der Waals surface area contributed by atoms with Gasteiger partial charge >= 0.3 is 0 Å². The summed E-state index contributed by atoms with van der Waals surface area (Å²) in [7, 11) is 0. The fourth-order valence-electron chi connectivity index (χ4n) is 5.41. The third-order valence-electron chi connectivity index (χ3n) is 7.42. The van der Waals surface area contributed by atoms with Gasteiger partial charge in [0.25, 0.3) is 0 Å². The number of carbonyl (C=O) groups excluding carboxylic acids is 1. The molecule has 3 heterocycles. The summed E-state index contributed by atoms with van der Waals surface area (Å²) >= 11 is 1.76. The number of thiophene rings is 1. The molecule has 2 aliphatic rings. The molecule has 0 saturated heterocycles. The zero-order chi connectivity index (χ0) is 27.5. The summed E-state index contributed by atoms with van der Waals surface area (Å²) in [5, 5.41) is 7.64. The lowest BCUT2D eigenvalue weighted by Gasteiger charge is -2.17. The van der Waals surface area contributed by atoms with E-state index in [2.05, 4.69) is 87.3 Å². The number of nitrogens with zero attached hydrogens (tertiary/aromatic N) is 2. The zero-order valence-electron chi connectivity index (χ0n) is 22.6. The first-order valence-electron chi connectivity index (χ1n) is 13.5. The number of hydrogen-bond acceptors (Lipinski definition) is 7. The first-order valence-corrected chi connectivity index (χ1v) is 14.4. The summed E-state index contributed by atoms with van der Waals surface area (Å²) in [4.78, 5) is 14.4. The lowest BCUT2D eigenvalue weighted by molar-refractivity contribution is -0.118. The molecule has 6 rings (SSSR count). The number of hydrazine groups is 2. The van der Waals surface area contributed by atoms with Crippen molar-refractivity contribution in [2.45, 2.75) is 45.6 Å². The van der Waals surface area contributed by atoms with E-state index >= 15 is 0 Å². The lowest BCUT2D eigenvalue weighted by Crippen LogP contribution is -2.35. The van der Waals surface area contributed by atoms with Crippen molar-refractivity contribution in [1.29, 1.82) is 0 Å². The molecule has 0 bridgehead atoms. The number of ether oxygens (including phenoxy) is 1. The van der Waals surface area contributed by atoms with Crippen LogP contribution < -0.4 is 26.1 Å². The molecular weight excluding hydrogens is 518 g/mol. The van der Waals surface area contributed by atoms with E-state index in [1.165, 1.54) is 26.8 Å². The Morgan fingerprint density at radius 1 is 1.15 bits per heavy atom. The third kappa shape index (κ3) is 5.14. The standard InChI is InChI=1S/C32H31N5O2S/c1-3-6-23(18-31-33-35-36-34-31)22-10-12-24(13-11-22)39-19-21-9-14-30-27(17-21)28(20-40-30)25-7-5-8-29-26(25)15-16-37(29)32(38)4-2/h5,7-14,17,20,23,35-36H,4,15-16,18-19H2,1-2H3,(H,33,34)/t23-/m0/s1. The Kier molecular flexibility index (Phi) is 7.41. The number of hydrogen-bond donors (Lipinski definition) is 3. The van der Waals surface area contributed by atoms with Gasteiger partial charge in [-0.2, -0.15) is 0 Å². The molecule has 0 aliphatic carbocycles. The Balaban J connectivity index is 1.19. The molecule has 1 aromatic heterocycles. The van der Waals surface area contributed by atoms with Crippen molar-refractivity contribution in [3.63, 3.8) is 0 Å². The maximum absolute atomic E-state index is 12.5. The van der Waals surface area contributed by atoms with Crippen LogP contribution in [0.4, 0.5) is 5.69 Å². The second kappa shape index (κ2) is 11.4. The van der Waals surface area contributed by atoms with Crippen molar-refractivity contribution in [2.75, 3.05) is 11.4 Å². The number of nitrogens with one attached hydrogen (secondary N) is 3. The molecule has 1 atom stereocenters. The molecule has 0 radical (unpaired) electrons. The van der Waals surface area contributed by atoms with Crippen LogP contribution in [0.5, 0.6) is 5.75 Å². The van der Waals surface area contributed by atoms with Gasteiger partial charge in [0.2, 0.25) is 5.91 Å². The van der Waals surface area contributed by atoms with Gasteiger partial charge < -0.3 is 9.64 Å². The SMILES string of the molecule is CC#C[C@@H](CC1=NNNN1)c1ccc(OCc2ccc3scc(-c4cccc5c4CCN5C(=O)CC)c3c2)cc1. The summed E-state index contributed by atoms with van der Waals surface area (Å²) < 4.78 is 7.43. The molecule has 4 aromatic rings. The molecule has 40 heavy (non-hydrogen) atoms. The molecule has 0 saturated carbocycles. The molecular formula is C32H31N5O2S. The van der Waals surface area contributed by atoms with E-state index < -0.39 is 0 Å². The van der Waals surface area contributed by atoms with Crippen LogP contribution in [0.3, 0.4) is 0 Å². The maximum atomic E-state index is 12.5. The van der Waals surface area contributed by atoms with Crippen LogP contribution in [0, 0.1) is 11.8 Å². The maximum Gasteiger partial charge on any atom is 0.226 e. The van der Waals surface area contributed by atoms with Crippen molar-refractivity contribution in [1.82, 2.24) is 16.5 Å². The Hall–Kier alpha value is -4.32. The number of carbonyl (C=O) groups is 1. The van der Waals surface area contributed by atoms with Gasteiger partial charge in [-0.05, 0) is 71.3 Å². The second-order valence-corrected chi connectivity index (χ2v) is 10.8. The highest BCUT2D eigenvalue weighted by Gasteiger charge is 2.26. The predicted molar refractivity (Wildman–Crippen MR) is 162 cm³/mol. The summed E-state index contributed by atoms with van der Waals surface area (Å²) in [6.07, 6.45) is 2.09. The predicted octanol–water partition coefficient (Wildman–Crippen LogP) is 5.87. The Morgan fingerprint density at radius 3 is 2.80 bits per heavy atom. The first-order chi connectivity index (χ1) is 19.6. The molecule has 0 spiro atoms. The second-order valence-electron chi connectivity index (χ2n) is 9.86. The first kappa shape index (κ1) is 25.9. The molecule has 0 fully saturated rings. The normalized spacial score (nSPS) is 14.6. The van der Waals surface area contributed by atoms with E-state index in [0.717, 1.165) is 41.4 Å².